The van der Waals surface area contributed by atoms with Gasteiger partial charge in [-0.1, -0.05) is 12.1 Å². The van der Waals surface area contributed by atoms with Crippen molar-refractivity contribution in [1.29, 1.82) is 0 Å². The number of carbonyl (C=O) groups is 1. The summed E-state index contributed by atoms with van der Waals surface area (Å²) in [5, 5.41) is 0. The zero-order chi connectivity index (χ0) is 9.84. The van der Waals surface area contributed by atoms with Gasteiger partial charge in [0.25, 0.3) is 0 Å². The van der Waals surface area contributed by atoms with E-state index in [4.69, 9.17) is 4.74 Å². The summed E-state index contributed by atoms with van der Waals surface area (Å²) in [7, 11) is 0. The predicted molar refractivity (Wildman–Crippen MR) is 55.3 cm³/mol. The lowest BCUT2D eigenvalue weighted by atomic mass is 10.2. The van der Waals surface area contributed by atoms with Gasteiger partial charge in [-0.15, -0.1) is 0 Å². The highest BCUT2D eigenvalue weighted by Gasteiger charge is 2.06. The van der Waals surface area contributed by atoms with Gasteiger partial charge in [0.1, 0.15) is 5.75 Å². The van der Waals surface area contributed by atoms with Crippen molar-refractivity contribution in [3.05, 3.63) is 28.2 Å². The first kappa shape index (κ1) is 10.3. The minimum atomic E-state index is 0.109. The molecule has 0 atom stereocenters. The van der Waals surface area contributed by atoms with Gasteiger partial charge in [-0.2, -0.15) is 0 Å². The Morgan fingerprint density at radius 1 is 1.46 bits per heavy atom. The number of ether oxygens (including phenoxy) is 1. The van der Waals surface area contributed by atoms with Crippen molar-refractivity contribution in [2.45, 2.75) is 20.0 Å². The molecule has 0 amide bonds. The minimum absolute atomic E-state index is 0.109. The first-order valence-corrected chi connectivity index (χ1v) is 4.84. The molecule has 0 unspecified atom stereocenters. The van der Waals surface area contributed by atoms with Gasteiger partial charge in [-0.25, -0.2) is 0 Å². The molecule has 0 aliphatic heterocycles. The SMILES string of the molecule is CC(C)Oc1cccc(C=O)c1Br. The van der Waals surface area contributed by atoms with Crippen molar-refractivity contribution in [3.8, 4) is 5.75 Å². The fraction of sp³-hybridized carbons (Fsp3) is 0.300. The van der Waals surface area contributed by atoms with Crippen LogP contribution in [0.4, 0.5) is 0 Å². The molecule has 70 valence electrons. The van der Waals surface area contributed by atoms with Crippen molar-refractivity contribution in [2.75, 3.05) is 0 Å². The van der Waals surface area contributed by atoms with Crippen LogP contribution >= 0.6 is 15.9 Å². The summed E-state index contributed by atoms with van der Waals surface area (Å²) in [5.41, 5.74) is 0.609. The zero-order valence-electron chi connectivity index (χ0n) is 7.58. The molecule has 0 heterocycles. The molecule has 0 radical (unpaired) electrons. The van der Waals surface area contributed by atoms with Crippen molar-refractivity contribution in [3.63, 3.8) is 0 Å². The van der Waals surface area contributed by atoms with Crippen LogP contribution in [0.3, 0.4) is 0 Å². The average molecular weight is 243 g/mol. The largest absolute Gasteiger partial charge is 0.490 e. The van der Waals surface area contributed by atoms with Crippen LogP contribution in [0.15, 0.2) is 22.7 Å². The quantitative estimate of drug-likeness (QED) is 0.762. The number of halogens is 1. The number of hydrogen-bond donors (Lipinski definition) is 0. The van der Waals surface area contributed by atoms with E-state index in [0.29, 0.717) is 11.3 Å². The third-order valence-corrected chi connectivity index (χ3v) is 2.33. The molecule has 1 aromatic carbocycles. The molecule has 0 spiro atoms. The molecular formula is C10H11BrO2. The Morgan fingerprint density at radius 2 is 2.15 bits per heavy atom. The molecule has 0 bridgehead atoms. The average Bonchev–Trinajstić information content (AvgIpc) is 2.08. The summed E-state index contributed by atoms with van der Waals surface area (Å²) in [6.45, 7) is 3.89. The van der Waals surface area contributed by atoms with Crippen LogP contribution in [-0.2, 0) is 0 Å². The van der Waals surface area contributed by atoms with Gasteiger partial charge in [0, 0.05) is 5.56 Å². The van der Waals surface area contributed by atoms with Crippen LogP contribution in [0.2, 0.25) is 0 Å². The van der Waals surface area contributed by atoms with Gasteiger partial charge in [-0.3, -0.25) is 4.79 Å². The molecule has 0 saturated heterocycles. The van der Waals surface area contributed by atoms with Gasteiger partial charge in [0.15, 0.2) is 6.29 Å². The van der Waals surface area contributed by atoms with Gasteiger partial charge in [0.05, 0.1) is 10.6 Å². The molecule has 1 aromatic rings. The third-order valence-electron chi connectivity index (χ3n) is 1.48. The number of aldehydes is 1. The van der Waals surface area contributed by atoms with E-state index in [9.17, 15) is 4.79 Å². The van der Waals surface area contributed by atoms with Crippen molar-refractivity contribution in [2.24, 2.45) is 0 Å². The van der Waals surface area contributed by atoms with Crippen LogP contribution in [0.1, 0.15) is 24.2 Å². The molecule has 0 aromatic heterocycles. The number of carbonyl (C=O) groups excluding carboxylic acids is 1. The van der Waals surface area contributed by atoms with E-state index in [1.54, 1.807) is 12.1 Å². The highest BCUT2D eigenvalue weighted by molar-refractivity contribution is 9.10. The van der Waals surface area contributed by atoms with E-state index in [1.165, 1.54) is 0 Å². The fourth-order valence-corrected chi connectivity index (χ4v) is 1.41. The molecule has 0 fully saturated rings. The maximum Gasteiger partial charge on any atom is 0.151 e. The van der Waals surface area contributed by atoms with Gasteiger partial charge in [-0.05, 0) is 35.8 Å². The summed E-state index contributed by atoms with van der Waals surface area (Å²) in [6, 6.07) is 5.37. The lowest BCUT2D eigenvalue weighted by Gasteiger charge is -2.11. The van der Waals surface area contributed by atoms with E-state index < -0.39 is 0 Å². The van der Waals surface area contributed by atoms with Gasteiger partial charge in [0.2, 0.25) is 0 Å². The highest BCUT2D eigenvalue weighted by atomic mass is 79.9. The van der Waals surface area contributed by atoms with E-state index in [0.717, 1.165) is 10.8 Å². The Balaban J connectivity index is 3.01. The predicted octanol–water partition coefficient (Wildman–Crippen LogP) is 3.05. The van der Waals surface area contributed by atoms with Crippen molar-refractivity contribution in [1.82, 2.24) is 0 Å². The monoisotopic (exact) mass is 242 g/mol. The van der Waals surface area contributed by atoms with Crippen LogP contribution < -0.4 is 4.74 Å². The van der Waals surface area contributed by atoms with E-state index in [-0.39, 0.29) is 6.10 Å². The molecule has 0 aliphatic rings. The molecule has 2 nitrogen and oxygen atoms in total. The van der Waals surface area contributed by atoms with E-state index in [2.05, 4.69) is 15.9 Å². The molecule has 1 rings (SSSR count). The lowest BCUT2D eigenvalue weighted by Crippen LogP contribution is -2.06. The van der Waals surface area contributed by atoms with Gasteiger partial charge < -0.3 is 4.74 Å². The second-order valence-corrected chi connectivity index (χ2v) is 3.74. The molecular weight excluding hydrogens is 232 g/mol. The number of benzene rings is 1. The van der Waals surface area contributed by atoms with Crippen molar-refractivity contribution < 1.29 is 9.53 Å². The summed E-state index contributed by atoms with van der Waals surface area (Å²) < 4.78 is 6.20. The second-order valence-electron chi connectivity index (χ2n) is 2.94. The van der Waals surface area contributed by atoms with Crippen LogP contribution in [0.5, 0.6) is 5.75 Å². The summed E-state index contributed by atoms with van der Waals surface area (Å²) in [5.74, 6) is 0.708. The van der Waals surface area contributed by atoms with Crippen LogP contribution in [0, 0.1) is 0 Å². The summed E-state index contributed by atoms with van der Waals surface area (Å²) in [4.78, 5) is 10.6. The summed E-state index contributed by atoms with van der Waals surface area (Å²) >= 11 is 3.31. The Hall–Kier alpha value is -0.830. The topological polar surface area (TPSA) is 26.3 Å². The first-order chi connectivity index (χ1) is 6.15. The van der Waals surface area contributed by atoms with Gasteiger partial charge >= 0.3 is 0 Å². The minimum Gasteiger partial charge on any atom is -0.490 e. The fourth-order valence-electron chi connectivity index (χ4n) is 0.964. The van der Waals surface area contributed by atoms with E-state index in [1.807, 2.05) is 19.9 Å². The molecule has 0 saturated carbocycles. The Labute approximate surface area is 86.0 Å². The third kappa shape index (κ3) is 2.56. The Morgan fingerprint density at radius 3 is 2.69 bits per heavy atom. The summed E-state index contributed by atoms with van der Waals surface area (Å²) in [6.07, 6.45) is 0.912. The standard InChI is InChI=1S/C10H11BrO2/c1-7(2)13-9-5-3-4-8(6-12)10(9)11/h3-7H,1-2H3. The maximum absolute atomic E-state index is 10.6. The molecule has 0 N–H and O–H groups in total. The Bertz CT molecular complexity index is 308. The van der Waals surface area contributed by atoms with Crippen LogP contribution in [-0.4, -0.2) is 12.4 Å². The van der Waals surface area contributed by atoms with Crippen molar-refractivity contribution >= 4 is 22.2 Å². The number of rotatable bonds is 3. The normalized spacial score (nSPS) is 10.2. The Kier molecular flexibility index (Phi) is 3.48. The molecule has 3 heteroatoms. The highest BCUT2D eigenvalue weighted by Crippen LogP contribution is 2.28. The second kappa shape index (κ2) is 4.42. The smallest absolute Gasteiger partial charge is 0.151 e. The molecule has 13 heavy (non-hydrogen) atoms. The number of hydrogen-bond acceptors (Lipinski definition) is 2. The maximum atomic E-state index is 10.6. The van der Waals surface area contributed by atoms with E-state index >= 15 is 0 Å². The first-order valence-electron chi connectivity index (χ1n) is 4.05. The van der Waals surface area contributed by atoms with Crippen LogP contribution in [0.25, 0.3) is 0 Å². The lowest BCUT2D eigenvalue weighted by molar-refractivity contribution is 0.112. The molecule has 0 aliphatic carbocycles. The zero-order valence-corrected chi connectivity index (χ0v) is 9.17.